The summed E-state index contributed by atoms with van der Waals surface area (Å²) in [5.74, 6) is 0.852. The third-order valence-electron chi connectivity index (χ3n) is 5.68. The van der Waals surface area contributed by atoms with Gasteiger partial charge in [-0.15, -0.1) is 0 Å². The summed E-state index contributed by atoms with van der Waals surface area (Å²) in [6, 6.07) is 16.7. The second-order valence-electron chi connectivity index (χ2n) is 7.79. The predicted octanol–water partition coefficient (Wildman–Crippen LogP) is 4.06. The fraction of sp³-hybridized carbons (Fsp3) is 0.280. The highest BCUT2D eigenvalue weighted by molar-refractivity contribution is 5.92. The van der Waals surface area contributed by atoms with Gasteiger partial charge in [0.2, 0.25) is 5.91 Å². The molecule has 0 saturated carbocycles. The van der Waals surface area contributed by atoms with Gasteiger partial charge < -0.3 is 19.4 Å². The maximum Gasteiger partial charge on any atom is 0.287 e. The number of hydrogen-bond acceptors (Lipinski definition) is 4. The molecule has 1 aliphatic heterocycles. The van der Waals surface area contributed by atoms with Crippen molar-refractivity contribution in [1.29, 1.82) is 0 Å². The summed E-state index contributed by atoms with van der Waals surface area (Å²) < 4.78 is 24.1. The van der Waals surface area contributed by atoms with Crippen molar-refractivity contribution in [2.45, 2.75) is 25.3 Å². The number of piperidine rings is 1. The Morgan fingerprint density at radius 3 is 2.50 bits per heavy atom. The maximum absolute atomic E-state index is 13.1. The first-order chi connectivity index (χ1) is 15.5. The minimum Gasteiger partial charge on any atom is -0.496 e. The smallest absolute Gasteiger partial charge is 0.287 e. The van der Waals surface area contributed by atoms with E-state index < -0.39 is 0 Å². The van der Waals surface area contributed by atoms with Crippen LogP contribution in [0, 0.1) is 5.82 Å². The van der Waals surface area contributed by atoms with E-state index in [1.807, 2.05) is 29.2 Å². The molecule has 1 aromatic heterocycles. The highest BCUT2D eigenvalue weighted by atomic mass is 19.1. The van der Waals surface area contributed by atoms with Crippen LogP contribution in [-0.2, 0) is 11.2 Å². The predicted molar refractivity (Wildman–Crippen MR) is 118 cm³/mol. The van der Waals surface area contributed by atoms with E-state index in [0.29, 0.717) is 49.4 Å². The van der Waals surface area contributed by atoms with Gasteiger partial charge in [0.05, 0.1) is 13.5 Å². The molecule has 166 valence electrons. The highest BCUT2D eigenvalue weighted by Gasteiger charge is 2.25. The van der Waals surface area contributed by atoms with E-state index in [4.69, 9.17) is 9.15 Å². The van der Waals surface area contributed by atoms with Crippen molar-refractivity contribution in [3.8, 4) is 17.1 Å². The van der Waals surface area contributed by atoms with Gasteiger partial charge in [0.25, 0.3) is 5.91 Å². The Labute approximate surface area is 186 Å². The summed E-state index contributed by atoms with van der Waals surface area (Å²) in [4.78, 5) is 27.1. The first-order valence-electron chi connectivity index (χ1n) is 10.6. The standard InChI is InChI=1S/C25H25FN2O4/c1-31-21-5-3-2-4-18(21)16-24(29)28-14-12-20(13-15-28)27-25(30)23-11-10-22(32-23)17-6-8-19(26)9-7-17/h2-11,20H,12-16H2,1H3,(H,27,30). The van der Waals surface area contributed by atoms with Gasteiger partial charge in [-0.1, -0.05) is 18.2 Å². The van der Waals surface area contributed by atoms with Gasteiger partial charge in [-0.2, -0.15) is 0 Å². The van der Waals surface area contributed by atoms with Crippen LogP contribution in [0.5, 0.6) is 5.75 Å². The molecule has 1 aliphatic rings. The third kappa shape index (κ3) is 4.99. The molecule has 4 rings (SSSR count). The summed E-state index contributed by atoms with van der Waals surface area (Å²) in [5.41, 5.74) is 1.57. The molecular formula is C25H25FN2O4. The minimum absolute atomic E-state index is 0.0304. The Hall–Kier alpha value is -3.61. The van der Waals surface area contributed by atoms with Crippen LogP contribution in [0.2, 0.25) is 0 Å². The van der Waals surface area contributed by atoms with Gasteiger partial charge in [0, 0.05) is 30.3 Å². The van der Waals surface area contributed by atoms with E-state index >= 15 is 0 Å². The highest BCUT2D eigenvalue weighted by Crippen LogP contribution is 2.23. The molecule has 1 saturated heterocycles. The van der Waals surface area contributed by atoms with Crippen LogP contribution in [0.4, 0.5) is 4.39 Å². The second kappa shape index (κ2) is 9.68. The molecule has 0 aliphatic carbocycles. The number of halogens is 1. The summed E-state index contributed by atoms with van der Waals surface area (Å²) >= 11 is 0. The number of methoxy groups -OCH3 is 1. The molecule has 0 spiro atoms. The van der Waals surface area contributed by atoms with Crippen molar-refractivity contribution in [1.82, 2.24) is 10.2 Å². The number of para-hydroxylation sites is 1. The average molecular weight is 436 g/mol. The van der Waals surface area contributed by atoms with Crippen LogP contribution < -0.4 is 10.1 Å². The molecule has 2 heterocycles. The van der Waals surface area contributed by atoms with Crippen molar-refractivity contribution >= 4 is 11.8 Å². The molecule has 0 unspecified atom stereocenters. The lowest BCUT2D eigenvalue weighted by atomic mass is 10.0. The topological polar surface area (TPSA) is 71.8 Å². The van der Waals surface area contributed by atoms with E-state index in [1.165, 1.54) is 12.1 Å². The van der Waals surface area contributed by atoms with Crippen molar-refractivity contribution in [3.63, 3.8) is 0 Å². The zero-order valence-corrected chi connectivity index (χ0v) is 17.8. The van der Waals surface area contributed by atoms with Crippen molar-refractivity contribution in [2.75, 3.05) is 20.2 Å². The van der Waals surface area contributed by atoms with Crippen LogP contribution in [0.1, 0.15) is 29.0 Å². The molecule has 32 heavy (non-hydrogen) atoms. The molecule has 7 heteroatoms. The number of amides is 2. The molecular weight excluding hydrogens is 411 g/mol. The van der Waals surface area contributed by atoms with E-state index in [1.54, 1.807) is 31.4 Å². The molecule has 0 bridgehead atoms. The quantitative estimate of drug-likeness (QED) is 0.633. The number of likely N-dealkylation sites (tertiary alicyclic amines) is 1. The zero-order chi connectivity index (χ0) is 22.5. The largest absolute Gasteiger partial charge is 0.496 e. The monoisotopic (exact) mass is 436 g/mol. The number of benzene rings is 2. The van der Waals surface area contributed by atoms with Crippen LogP contribution in [0.25, 0.3) is 11.3 Å². The lowest BCUT2D eigenvalue weighted by Crippen LogP contribution is -2.46. The van der Waals surface area contributed by atoms with Crippen LogP contribution in [0.3, 0.4) is 0 Å². The number of rotatable bonds is 6. The van der Waals surface area contributed by atoms with E-state index in [0.717, 1.165) is 5.56 Å². The molecule has 0 radical (unpaired) electrons. The summed E-state index contributed by atoms with van der Waals surface area (Å²) in [7, 11) is 1.60. The number of carbonyl (C=O) groups is 2. The molecule has 3 aromatic rings. The zero-order valence-electron chi connectivity index (χ0n) is 17.8. The van der Waals surface area contributed by atoms with Crippen LogP contribution in [-0.4, -0.2) is 43.0 Å². The van der Waals surface area contributed by atoms with Gasteiger partial charge >= 0.3 is 0 Å². The Morgan fingerprint density at radius 2 is 1.78 bits per heavy atom. The summed E-state index contributed by atoms with van der Waals surface area (Å²) in [5, 5.41) is 2.99. The fourth-order valence-electron chi connectivity index (χ4n) is 3.88. The first kappa shape index (κ1) is 21.6. The van der Waals surface area contributed by atoms with Crippen molar-refractivity contribution in [3.05, 3.63) is 77.8 Å². The summed E-state index contributed by atoms with van der Waals surface area (Å²) in [6.07, 6.45) is 1.64. The number of carbonyl (C=O) groups excluding carboxylic acids is 2. The lowest BCUT2D eigenvalue weighted by Gasteiger charge is -2.32. The average Bonchev–Trinajstić information content (AvgIpc) is 3.31. The first-order valence-corrected chi connectivity index (χ1v) is 10.6. The molecule has 6 nitrogen and oxygen atoms in total. The normalized spacial score (nSPS) is 14.2. The third-order valence-corrected chi connectivity index (χ3v) is 5.68. The lowest BCUT2D eigenvalue weighted by molar-refractivity contribution is -0.131. The number of nitrogens with one attached hydrogen (secondary N) is 1. The number of nitrogens with zero attached hydrogens (tertiary/aromatic N) is 1. The Morgan fingerprint density at radius 1 is 1.06 bits per heavy atom. The Balaban J connectivity index is 1.29. The maximum atomic E-state index is 13.1. The summed E-state index contributed by atoms with van der Waals surface area (Å²) in [6.45, 7) is 1.16. The SMILES string of the molecule is COc1ccccc1CC(=O)N1CCC(NC(=O)c2ccc(-c3ccc(F)cc3)o2)CC1. The molecule has 1 fully saturated rings. The number of ether oxygens (including phenoxy) is 1. The van der Waals surface area contributed by atoms with Gasteiger partial charge in [-0.25, -0.2) is 4.39 Å². The molecule has 0 atom stereocenters. The number of hydrogen-bond donors (Lipinski definition) is 1. The Kier molecular flexibility index (Phi) is 6.54. The van der Waals surface area contributed by atoms with Crippen molar-refractivity contribution in [2.24, 2.45) is 0 Å². The minimum atomic E-state index is -0.328. The number of furan rings is 1. The molecule has 2 amide bonds. The van der Waals surface area contributed by atoms with Gasteiger partial charge in [-0.05, 0) is 55.3 Å². The fourth-order valence-corrected chi connectivity index (χ4v) is 3.88. The van der Waals surface area contributed by atoms with E-state index in [-0.39, 0.29) is 29.4 Å². The van der Waals surface area contributed by atoms with Gasteiger partial charge in [0.15, 0.2) is 5.76 Å². The van der Waals surface area contributed by atoms with Crippen LogP contribution >= 0.6 is 0 Å². The van der Waals surface area contributed by atoms with Gasteiger partial charge in [-0.3, -0.25) is 9.59 Å². The van der Waals surface area contributed by atoms with E-state index in [9.17, 15) is 14.0 Å². The van der Waals surface area contributed by atoms with Crippen LogP contribution in [0.15, 0.2) is 65.1 Å². The van der Waals surface area contributed by atoms with Gasteiger partial charge in [0.1, 0.15) is 17.3 Å². The van der Waals surface area contributed by atoms with Crippen molar-refractivity contribution < 1.29 is 23.1 Å². The Bertz CT molecular complexity index is 1090. The second-order valence-corrected chi connectivity index (χ2v) is 7.79. The molecule has 2 aromatic carbocycles. The molecule has 1 N–H and O–H groups in total. The van der Waals surface area contributed by atoms with E-state index in [2.05, 4.69) is 5.32 Å².